The Hall–Kier alpha value is -2.89. The molecule has 6 nitrogen and oxygen atoms in total. The number of aryl methyl sites for hydroxylation is 1. The van der Waals surface area contributed by atoms with Crippen LogP contribution >= 0.6 is 0 Å². The summed E-state index contributed by atoms with van der Waals surface area (Å²) in [6.07, 6.45) is 8.22. The first kappa shape index (κ1) is 18.5. The average Bonchev–Trinajstić information content (AvgIpc) is 3.40. The van der Waals surface area contributed by atoms with Crippen LogP contribution in [0.25, 0.3) is 10.9 Å². The van der Waals surface area contributed by atoms with Gasteiger partial charge in [0.2, 0.25) is 5.91 Å². The lowest BCUT2D eigenvalue weighted by atomic mass is 10.1. The molecule has 2 aromatic heterocycles. The van der Waals surface area contributed by atoms with E-state index < -0.39 is 6.04 Å². The van der Waals surface area contributed by atoms with E-state index in [1.54, 1.807) is 13.1 Å². The molecule has 28 heavy (non-hydrogen) atoms. The number of rotatable bonds is 5. The molecule has 1 saturated carbocycles. The second-order valence-corrected chi connectivity index (χ2v) is 7.75. The minimum Gasteiger partial charge on any atom is -0.334 e. The lowest BCUT2D eigenvalue weighted by Gasteiger charge is -2.19. The summed E-state index contributed by atoms with van der Waals surface area (Å²) < 4.78 is 3.86. The number of nitrogens with zero attached hydrogens (tertiary/aromatic N) is 3. The monoisotopic (exact) mass is 378 g/mol. The van der Waals surface area contributed by atoms with Crippen LogP contribution < -0.4 is 5.32 Å². The van der Waals surface area contributed by atoms with Crippen molar-refractivity contribution in [2.45, 2.75) is 58.5 Å². The highest BCUT2D eigenvalue weighted by atomic mass is 16.2. The van der Waals surface area contributed by atoms with Gasteiger partial charge in [0.05, 0.1) is 12.2 Å². The van der Waals surface area contributed by atoms with Gasteiger partial charge in [-0.2, -0.15) is 5.10 Å². The predicted octanol–water partition coefficient (Wildman–Crippen LogP) is 4.66. The molecule has 1 unspecified atom stereocenters. The molecule has 0 aliphatic heterocycles. The van der Waals surface area contributed by atoms with Gasteiger partial charge in [0.25, 0.3) is 0 Å². The Morgan fingerprint density at radius 1 is 1.21 bits per heavy atom. The third-order valence-corrected chi connectivity index (χ3v) is 5.81. The van der Waals surface area contributed by atoms with Crippen molar-refractivity contribution in [1.82, 2.24) is 14.3 Å². The Morgan fingerprint density at radius 3 is 2.64 bits per heavy atom. The SMILES string of the molecule is CC(=O)c1cn(C(C)C(=O)Nc2c(C)cnn2C2CCCC2)c2ccccc12. The van der Waals surface area contributed by atoms with Crippen molar-refractivity contribution in [3.8, 4) is 0 Å². The fourth-order valence-electron chi connectivity index (χ4n) is 4.18. The lowest BCUT2D eigenvalue weighted by molar-refractivity contribution is -0.118. The Labute approximate surface area is 164 Å². The van der Waals surface area contributed by atoms with Crippen molar-refractivity contribution in [2.75, 3.05) is 5.32 Å². The van der Waals surface area contributed by atoms with Gasteiger partial charge in [0, 0.05) is 28.2 Å². The van der Waals surface area contributed by atoms with E-state index in [1.807, 2.05) is 53.6 Å². The first-order valence-electron chi connectivity index (χ1n) is 9.93. The molecule has 3 aromatic rings. The number of hydrogen-bond acceptors (Lipinski definition) is 3. The number of carbonyl (C=O) groups excluding carboxylic acids is 2. The quantitative estimate of drug-likeness (QED) is 0.656. The number of aromatic nitrogens is 3. The van der Waals surface area contributed by atoms with Crippen molar-refractivity contribution < 1.29 is 9.59 Å². The van der Waals surface area contributed by atoms with E-state index in [0.717, 1.165) is 35.1 Å². The third kappa shape index (κ3) is 3.13. The fourth-order valence-corrected chi connectivity index (χ4v) is 4.18. The van der Waals surface area contributed by atoms with E-state index in [2.05, 4.69) is 10.4 Å². The van der Waals surface area contributed by atoms with Crippen LogP contribution in [0.4, 0.5) is 5.82 Å². The first-order valence-corrected chi connectivity index (χ1v) is 9.93. The topological polar surface area (TPSA) is 68.9 Å². The summed E-state index contributed by atoms with van der Waals surface area (Å²) in [6.45, 7) is 5.38. The summed E-state index contributed by atoms with van der Waals surface area (Å²) in [7, 11) is 0. The number of carbonyl (C=O) groups is 2. The number of ketones is 1. The van der Waals surface area contributed by atoms with Crippen LogP contribution in [-0.4, -0.2) is 26.0 Å². The number of amides is 1. The van der Waals surface area contributed by atoms with E-state index in [0.29, 0.717) is 11.6 Å². The number of Topliss-reactive ketones (excluding diaryl/α,β-unsaturated/α-hetero) is 1. The van der Waals surface area contributed by atoms with E-state index in [9.17, 15) is 9.59 Å². The normalized spacial score (nSPS) is 15.8. The standard InChI is InChI=1S/C22H26N4O2/c1-14-12-23-26(17-8-4-5-9-17)21(14)24-22(28)15(2)25-13-19(16(3)27)18-10-6-7-11-20(18)25/h6-7,10-13,15,17H,4-5,8-9H2,1-3H3,(H,24,28). The molecule has 4 rings (SSSR count). The highest BCUT2D eigenvalue weighted by Crippen LogP contribution is 2.33. The van der Waals surface area contributed by atoms with E-state index >= 15 is 0 Å². The van der Waals surface area contributed by atoms with Crippen molar-refractivity contribution in [1.29, 1.82) is 0 Å². The van der Waals surface area contributed by atoms with E-state index in [1.165, 1.54) is 12.8 Å². The molecule has 1 amide bonds. The van der Waals surface area contributed by atoms with Gasteiger partial charge in [0.1, 0.15) is 11.9 Å². The number of benzene rings is 1. The van der Waals surface area contributed by atoms with Crippen LogP contribution in [0.2, 0.25) is 0 Å². The van der Waals surface area contributed by atoms with Crippen molar-refractivity contribution in [2.24, 2.45) is 0 Å². The van der Waals surface area contributed by atoms with Crippen molar-refractivity contribution in [3.63, 3.8) is 0 Å². The average molecular weight is 378 g/mol. The van der Waals surface area contributed by atoms with Crippen LogP contribution in [0.5, 0.6) is 0 Å². The molecule has 1 aromatic carbocycles. The summed E-state index contributed by atoms with van der Waals surface area (Å²) in [5, 5.41) is 8.48. The van der Waals surface area contributed by atoms with Gasteiger partial charge in [-0.05, 0) is 39.7 Å². The summed E-state index contributed by atoms with van der Waals surface area (Å²) in [4.78, 5) is 25.1. The predicted molar refractivity (Wildman–Crippen MR) is 110 cm³/mol. The molecule has 1 aliphatic rings. The zero-order chi connectivity index (χ0) is 19.8. The van der Waals surface area contributed by atoms with Crippen LogP contribution in [0.3, 0.4) is 0 Å². The summed E-state index contributed by atoms with van der Waals surface area (Å²) in [5.74, 6) is 0.670. The smallest absolute Gasteiger partial charge is 0.248 e. The lowest BCUT2D eigenvalue weighted by Crippen LogP contribution is -2.25. The minimum atomic E-state index is -0.454. The largest absolute Gasteiger partial charge is 0.334 e. The Balaban J connectivity index is 1.64. The van der Waals surface area contributed by atoms with Crippen LogP contribution in [0.1, 0.15) is 67.5 Å². The minimum absolute atomic E-state index is 0.00212. The molecular formula is C22H26N4O2. The number of nitrogens with one attached hydrogen (secondary N) is 1. The third-order valence-electron chi connectivity index (χ3n) is 5.81. The number of anilines is 1. The van der Waals surface area contributed by atoms with Gasteiger partial charge in [0.15, 0.2) is 5.78 Å². The highest BCUT2D eigenvalue weighted by Gasteiger charge is 2.25. The zero-order valence-corrected chi connectivity index (χ0v) is 16.6. The number of hydrogen-bond donors (Lipinski definition) is 1. The summed E-state index contributed by atoms with van der Waals surface area (Å²) in [5.41, 5.74) is 2.49. The molecule has 2 heterocycles. The molecule has 1 fully saturated rings. The molecule has 1 aliphatic carbocycles. The van der Waals surface area contributed by atoms with Gasteiger partial charge in [-0.1, -0.05) is 31.0 Å². The first-order chi connectivity index (χ1) is 13.5. The second kappa shape index (κ2) is 7.26. The molecular weight excluding hydrogens is 352 g/mol. The van der Waals surface area contributed by atoms with E-state index in [4.69, 9.17) is 0 Å². The second-order valence-electron chi connectivity index (χ2n) is 7.75. The Kier molecular flexibility index (Phi) is 4.79. The number of fused-ring (bicyclic) bond motifs is 1. The van der Waals surface area contributed by atoms with Gasteiger partial charge >= 0.3 is 0 Å². The Morgan fingerprint density at radius 2 is 1.93 bits per heavy atom. The molecule has 0 bridgehead atoms. The molecule has 146 valence electrons. The van der Waals surface area contributed by atoms with Crippen molar-refractivity contribution >= 4 is 28.4 Å². The molecule has 1 atom stereocenters. The van der Waals surface area contributed by atoms with E-state index in [-0.39, 0.29) is 11.7 Å². The van der Waals surface area contributed by atoms with Crippen LogP contribution in [-0.2, 0) is 4.79 Å². The molecule has 1 N–H and O–H groups in total. The maximum atomic E-state index is 13.1. The fraction of sp³-hybridized carbons (Fsp3) is 0.409. The maximum Gasteiger partial charge on any atom is 0.248 e. The zero-order valence-electron chi connectivity index (χ0n) is 16.6. The molecule has 0 saturated heterocycles. The Bertz CT molecular complexity index is 1040. The molecule has 0 radical (unpaired) electrons. The highest BCUT2D eigenvalue weighted by molar-refractivity contribution is 6.07. The molecule has 6 heteroatoms. The van der Waals surface area contributed by atoms with Crippen molar-refractivity contribution in [3.05, 3.63) is 47.8 Å². The number of para-hydroxylation sites is 1. The van der Waals surface area contributed by atoms with Gasteiger partial charge < -0.3 is 9.88 Å². The maximum absolute atomic E-state index is 13.1. The van der Waals surface area contributed by atoms with Gasteiger partial charge in [-0.15, -0.1) is 0 Å². The van der Waals surface area contributed by atoms with Crippen LogP contribution in [0, 0.1) is 6.92 Å². The summed E-state index contributed by atoms with van der Waals surface area (Å²) in [6, 6.07) is 7.60. The van der Waals surface area contributed by atoms with Crippen LogP contribution in [0.15, 0.2) is 36.7 Å². The van der Waals surface area contributed by atoms with Gasteiger partial charge in [-0.25, -0.2) is 4.68 Å². The molecule has 0 spiro atoms. The van der Waals surface area contributed by atoms with Gasteiger partial charge in [-0.3, -0.25) is 9.59 Å². The summed E-state index contributed by atoms with van der Waals surface area (Å²) >= 11 is 0.